The monoisotopic (exact) mass is 361 g/mol. The molecule has 3 heteroatoms. The summed E-state index contributed by atoms with van der Waals surface area (Å²) in [5.41, 5.74) is 3.48. The van der Waals surface area contributed by atoms with Crippen LogP contribution in [0.25, 0.3) is 11.1 Å². The number of nitrogens with two attached hydrogens (primary N) is 1. The van der Waals surface area contributed by atoms with E-state index in [9.17, 15) is 4.79 Å². The second-order valence-corrected chi connectivity index (χ2v) is 9.15. The van der Waals surface area contributed by atoms with Gasteiger partial charge in [-0.15, -0.1) is 0 Å². The summed E-state index contributed by atoms with van der Waals surface area (Å²) in [7, 11) is 0. The Morgan fingerprint density at radius 3 is 2.15 bits per heavy atom. The molecule has 4 fully saturated rings. The number of amides is 1. The molecule has 4 aliphatic rings. The molecule has 2 aromatic carbocycles. The minimum absolute atomic E-state index is 0.120. The van der Waals surface area contributed by atoms with E-state index in [1.807, 2.05) is 36.4 Å². The highest BCUT2D eigenvalue weighted by Gasteiger charge is 2.53. The van der Waals surface area contributed by atoms with Crippen LogP contribution in [0.5, 0.6) is 0 Å². The molecule has 140 valence electrons. The average molecular weight is 362 g/mol. The third kappa shape index (κ3) is 3.41. The summed E-state index contributed by atoms with van der Waals surface area (Å²) in [5.74, 6) is 2.90. The lowest BCUT2D eigenvalue weighted by Gasteiger charge is -2.54. The number of quaternary nitrogens is 1. The molecule has 4 aliphatic carbocycles. The maximum Gasteiger partial charge on any atom is 0.279 e. The summed E-state index contributed by atoms with van der Waals surface area (Å²) in [4.78, 5) is 12.7. The van der Waals surface area contributed by atoms with Crippen LogP contribution in [0.15, 0.2) is 54.6 Å². The maximum atomic E-state index is 12.7. The van der Waals surface area contributed by atoms with Crippen molar-refractivity contribution in [3.8, 4) is 11.1 Å². The second kappa shape index (κ2) is 6.79. The van der Waals surface area contributed by atoms with Gasteiger partial charge in [-0.05, 0) is 48.6 Å². The fourth-order valence-electron chi connectivity index (χ4n) is 6.40. The lowest BCUT2D eigenvalue weighted by Crippen LogP contribution is -3.00. The Bertz CT molecular complexity index is 794. The normalized spacial score (nSPS) is 31.0. The smallest absolute Gasteiger partial charge is 0.279 e. The number of hydrogen-bond acceptors (Lipinski definition) is 1. The summed E-state index contributed by atoms with van der Waals surface area (Å²) in [6, 6.07) is 18.4. The fourth-order valence-corrected chi connectivity index (χ4v) is 6.40. The molecule has 1 amide bonds. The van der Waals surface area contributed by atoms with E-state index in [-0.39, 0.29) is 5.91 Å². The van der Waals surface area contributed by atoms with Crippen molar-refractivity contribution in [3.63, 3.8) is 0 Å². The van der Waals surface area contributed by atoms with E-state index in [2.05, 4.69) is 28.8 Å². The predicted octanol–water partition coefficient (Wildman–Crippen LogP) is 3.82. The van der Waals surface area contributed by atoms with Crippen molar-refractivity contribution < 1.29 is 10.1 Å². The van der Waals surface area contributed by atoms with Gasteiger partial charge in [0.25, 0.3) is 5.91 Å². The van der Waals surface area contributed by atoms with Gasteiger partial charge in [0.1, 0.15) is 0 Å². The first-order valence-electron chi connectivity index (χ1n) is 10.5. The van der Waals surface area contributed by atoms with Crippen LogP contribution in [-0.2, 0) is 4.79 Å². The van der Waals surface area contributed by atoms with E-state index >= 15 is 0 Å². The second-order valence-electron chi connectivity index (χ2n) is 9.15. The molecular formula is C24H29N2O+. The zero-order valence-corrected chi connectivity index (χ0v) is 15.9. The van der Waals surface area contributed by atoms with E-state index in [0.29, 0.717) is 12.1 Å². The van der Waals surface area contributed by atoms with E-state index in [1.54, 1.807) is 0 Å². The Hall–Kier alpha value is -2.13. The van der Waals surface area contributed by atoms with Crippen LogP contribution < -0.4 is 10.6 Å². The summed E-state index contributed by atoms with van der Waals surface area (Å²) >= 11 is 0. The minimum atomic E-state index is 0.120. The van der Waals surface area contributed by atoms with Crippen molar-refractivity contribution in [2.75, 3.05) is 11.9 Å². The molecule has 3 N–H and O–H groups in total. The van der Waals surface area contributed by atoms with Crippen molar-refractivity contribution in [1.82, 2.24) is 0 Å². The fraction of sp³-hybridized carbons (Fsp3) is 0.458. The first-order valence-corrected chi connectivity index (χ1v) is 10.5. The Morgan fingerprint density at radius 2 is 1.48 bits per heavy atom. The largest absolute Gasteiger partial charge is 0.334 e. The number of para-hydroxylation sites is 1. The molecule has 6 rings (SSSR count). The van der Waals surface area contributed by atoms with Crippen LogP contribution in [-0.4, -0.2) is 18.0 Å². The van der Waals surface area contributed by atoms with E-state index in [4.69, 9.17) is 0 Å². The summed E-state index contributed by atoms with van der Waals surface area (Å²) < 4.78 is 0. The van der Waals surface area contributed by atoms with Crippen molar-refractivity contribution in [1.29, 1.82) is 0 Å². The first-order chi connectivity index (χ1) is 13.2. The third-order valence-corrected chi connectivity index (χ3v) is 7.09. The van der Waals surface area contributed by atoms with E-state index in [0.717, 1.165) is 34.6 Å². The molecule has 0 atom stereocenters. The standard InChI is InChI=1S/C24H28N2O/c27-23(16-25-24-13-17-10-18(14-24)12-19(11-17)15-24)26-22-9-5-4-8-21(22)20-6-2-1-3-7-20/h1-9,17-19,25H,10-16H2,(H,26,27)/p+1. The summed E-state index contributed by atoms with van der Waals surface area (Å²) in [6.07, 6.45) is 8.32. The number of hydrogen-bond donors (Lipinski definition) is 2. The van der Waals surface area contributed by atoms with Crippen molar-refractivity contribution >= 4 is 11.6 Å². The van der Waals surface area contributed by atoms with Gasteiger partial charge in [-0.25, -0.2) is 0 Å². The van der Waals surface area contributed by atoms with Crippen molar-refractivity contribution in [2.24, 2.45) is 17.8 Å². The van der Waals surface area contributed by atoms with Gasteiger partial charge in [0.15, 0.2) is 6.54 Å². The Labute approximate surface area is 161 Å². The quantitative estimate of drug-likeness (QED) is 0.835. The van der Waals surface area contributed by atoms with Gasteiger partial charge in [-0.1, -0.05) is 48.5 Å². The SMILES string of the molecule is O=C(C[NH2+]C12CC3CC(CC(C3)C1)C2)Nc1ccccc1-c1ccccc1. The topological polar surface area (TPSA) is 45.7 Å². The number of carbonyl (C=O) groups is 1. The van der Waals surface area contributed by atoms with Crippen LogP contribution in [0.4, 0.5) is 5.69 Å². The number of anilines is 1. The minimum Gasteiger partial charge on any atom is -0.334 e. The predicted molar refractivity (Wildman–Crippen MR) is 108 cm³/mol. The van der Waals surface area contributed by atoms with Crippen LogP contribution in [0, 0.1) is 17.8 Å². The highest BCUT2D eigenvalue weighted by atomic mass is 16.1. The van der Waals surface area contributed by atoms with Gasteiger partial charge in [-0.2, -0.15) is 0 Å². The van der Waals surface area contributed by atoms with Gasteiger partial charge in [0.2, 0.25) is 0 Å². The molecule has 0 aromatic heterocycles. The Morgan fingerprint density at radius 1 is 0.889 bits per heavy atom. The molecule has 0 aliphatic heterocycles. The molecule has 3 nitrogen and oxygen atoms in total. The van der Waals surface area contributed by atoms with Gasteiger partial charge in [-0.3, -0.25) is 4.79 Å². The summed E-state index contributed by atoms with van der Waals surface area (Å²) in [5, 5.41) is 5.56. The molecular weight excluding hydrogens is 332 g/mol. The molecule has 2 aromatic rings. The van der Waals surface area contributed by atoms with E-state index < -0.39 is 0 Å². The van der Waals surface area contributed by atoms with Gasteiger partial charge in [0.05, 0.1) is 5.54 Å². The summed E-state index contributed by atoms with van der Waals surface area (Å²) in [6.45, 7) is 0.537. The average Bonchev–Trinajstić information content (AvgIpc) is 2.67. The molecule has 0 spiro atoms. The number of benzene rings is 2. The number of carbonyl (C=O) groups excluding carboxylic acids is 1. The van der Waals surface area contributed by atoms with Crippen molar-refractivity contribution in [2.45, 2.75) is 44.1 Å². The van der Waals surface area contributed by atoms with Gasteiger partial charge in [0, 0.05) is 30.5 Å². The van der Waals surface area contributed by atoms with Crippen molar-refractivity contribution in [3.05, 3.63) is 54.6 Å². The van der Waals surface area contributed by atoms with Gasteiger partial charge >= 0.3 is 0 Å². The first kappa shape index (κ1) is 17.0. The maximum absolute atomic E-state index is 12.7. The van der Waals surface area contributed by atoms with E-state index in [1.165, 1.54) is 38.5 Å². The molecule has 27 heavy (non-hydrogen) atoms. The highest BCUT2D eigenvalue weighted by molar-refractivity contribution is 5.95. The number of rotatable bonds is 5. The molecule has 0 radical (unpaired) electrons. The molecule has 0 saturated heterocycles. The van der Waals surface area contributed by atoms with Crippen LogP contribution in [0.1, 0.15) is 38.5 Å². The zero-order chi connectivity index (χ0) is 18.3. The Balaban J connectivity index is 1.26. The van der Waals surface area contributed by atoms with Crippen LogP contribution in [0.3, 0.4) is 0 Å². The lowest BCUT2D eigenvalue weighted by molar-refractivity contribution is -0.729. The lowest BCUT2D eigenvalue weighted by atomic mass is 9.53. The molecule has 4 saturated carbocycles. The third-order valence-electron chi connectivity index (χ3n) is 7.09. The highest BCUT2D eigenvalue weighted by Crippen LogP contribution is 2.54. The zero-order valence-electron chi connectivity index (χ0n) is 15.9. The number of nitrogens with one attached hydrogen (secondary N) is 1. The van der Waals surface area contributed by atoms with Gasteiger partial charge < -0.3 is 10.6 Å². The molecule has 4 bridgehead atoms. The van der Waals surface area contributed by atoms with Crippen LogP contribution >= 0.6 is 0 Å². The van der Waals surface area contributed by atoms with Crippen LogP contribution in [0.2, 0.25) is 0 Å². The molecule has 0 unspecified atom stereocenters. The Kier molecular flexibility index (Phi) is 4.28. The molecule has 0 heterocycles.